The van der Waals surface area contributed by atoms with Gasteiger partial charge in [0.25, 0.3) is 0 Å². The Morgan fingerprint density at radius 2 is 2.07 bits per heavy atom. The molecule has 1 aliphatic rings. The van der Waals surface area contributed by atoms with E-state index in [-0.39, 0.29) is 17.4 Å². The Hall–Kier alpha value is -1.66. The van der Waals surface area contributed by atoms with E-state index in [1.54, 1.807) is 17.0 Å². The monoisotopic (exact) mass is 394 g/mol. The van der Waals surface area contributed by atoms with Gasteiger partial charge in [-0.05, 0) is 77.5 Å². The zero-order valence-electron chi connectivity index (χ0n) is 17.8. The number of carbonyl (C=O) groups is 1. The Morgan fingerprint density at radius 1 is 1.36 bits per heavy atom. The van der Waals surface area contributed by atoms with Gasteiger partial charge in [-0.2, -0.15) is 0 Å². The molecule has 1 saturated heterocycles. The number of hydrogen-bond donors (Lipinski definition) is 2. The van der Waals surface area contributed by atoms with Crippen molar-refractivity contribution in [2.75, 3.05) is 19.6 Å². The Kier molecular flexibility index (Phi) is 7.46. The molecule has 0 spiro atoms. The van der Waals surface area contributed by atoms with Crippen molar-refractivity contribution in [1.29, 1.82) is 0 Å². The molecular formula is C22H35FN2O3. The molecule has 1 amide bonds. The maximum atomic E-state index is 13.3. The highest BCUT2D eigenvalue weighted by atomic mass is 19.1. The van der Waals surface area contributed by atoms with Crippen LogP contribution in [0.2, 0.25) is 0 Å². The molecule has 1 aromatic carbocycles. The highest BCUT2D eigenvalue weighted by Gasteiger charge is 2.31. The summed E-state index contributed by atoms with van der Waals surface area (Å²) in [5.74, 6) is 0.0235. The van der Waals surface area contributed by atoms with Gasteiger partial charge in [0.2, 0.25) is 0 Å². The van der Waals surface area contributed by atoms with Crippen molar-refractivity contribution in [2.45, 2.75) is 71.1 Å². The number of nitrogens with one attached hydrogen (secondary N) is 1. The van der Waals surface area contributed by atoms with Crippen LogP contribution in [-0.2, 0) is 4.74 Å². The standard InChI is InChI=1S/C22H35FN2O3/c1-21(2,3)28-20(27)25-11-7-8-16(15-25)13-22(4,5)24-14-19(26)17-9-6-10-18(23)12-17/h6,9-10,12,16,19,24,26H,7-8,11,13-15H2,1-5H3/t16-,19+/m1/s1. The van der Waals surface area contributed by atoms with Crippen molar-refractivity contribution in [2.24, 2.45) is 5.92 Å². The van der Waals surface area contributed by atoms with Gasteiger partial charge in [-0.1, -0.05) is 12.1 Å². The third kappa shape index (κ3) is 7.40. The number of hydrogen-bond acceptors (Lipinski definition) is 4. The molecule has 0 aliphatic carbocycles. The highest BCUT2D eigenvalue weighted by Crippen LogP contribution is 2.27. The first-order valence-electron chi connectivity index (χ1n) is 10.1. The predicted octanol–water partition coefficient (Wildman–Crippen LogP) is 4.26. The van der Waals surface area contributed by atoms with E-state index in [4.69, 9.17) is 4.74 Å². The lowest BCUT2D eigenvalue weighted by Gasteiger charge is -2.38. The first-order valence-corrected chi connectivity index (χ1v) is 10.1. The van der Waals surface area contributed by atoms with Gasteiger partial charge in [-0.15, -0.1) is 0 Å². The van der Waals surface area contributed by atoms with Gasteiger partial charge in [0.15, 0.2) is 0 Å². The fourth-order valence-electron chi connectivity index (χ4n) is 3.72. The number of aliphatic hydroxyl groups is 1. The second-order valence-corrected chi connectivity index (χ2v) is 9.47. The first-order chi connectivity index (χ1) is 13.0. The second kappa shape index (κ2) is 9.23. The molecule has 0 aromatic heterocycles. The van der Waals surface area contributed by atoms with Crippen LogP contribution in [0.15, 0.2) is 24.3 Å². The largest absolute Gasteiger partial charge is 0.444 e. The second-order valence-electron chi connectivity index (χ2n) is 9.47. The number of β-amino-alcohol motifs (C(OH)–C–C–N with tert-alkyl or cyclic N) is 1. The molecule has 28 heavy (non-hydrogen) atoms. The van der Waals surface area contributed by atoms with E-state index in [9.17, 15) is 14.3 Å². The fraction of sp³-hybridized carbons (Fsp3) is 0.682. The van der Waals surface area contributed by atoms with E-state index in [1.807, 2.05) is 20.8 Å². The van der Waals surface area contributed by atoms with Crippen LogP contribution in [-0.4, -0.2) is 46.9 Å². The van der Waals surface area contributed by atoms with E-state index >= 15 is 0 Å². The lowest BCUT2D eigenvalue weighted by Crippen LogP contribution is -2.47. The average molecular weight is 395 g/mol. The number of aliphatic hydroxyl groups excluding tert-OH is 1. The van der Waals surface area contributed by atoms with Gasteiger partial charge >= 0.3 is 6.09 Å². The molecule has 5 nitrogen and oxygen atoms in total. The van der Waals surface area contributed by atoms with Crippen LogP contribution in [0.1, 0.15) is 65.5 Å². The van der Waals surface area contributed by atoms with Gasteiger partial charge in [-0.3, -0.25) is 0 Å². The molecule has 1 aromatic rings. The summed E-state index contributed by atoms with van der Waals surface area (Å²) in [5, 5.41) is 13.7. The minimum absolute atomic E-state index is 0.212. The number of piperidine rings is 1. The Bertz CT molecular complexity index is 657. The zero-order valence-corrected chi connectivity index (χ0v) is 17.8. The molecule has 6 heteroatoms. The van der Waals surface area contributed by atoms with Crippen LogP contribution in [0.3, 0.4) is 0 Å². The zero-order chi connectivity index (χ0) is 20.9. The van der Waals surface area contributed by atoms with E-state index in [2.05, 4.69) is 19.2 Å². The maximum Gasteiger partial charge on any atom is 0.410 e. The molecule has 0 radical (unpaired) electrons. The molecule has 2 N–H and O–H groups in total. The van der Waals surface area contributed by atoms with E-state index in [0.717, 1.165) is 25.8 Å². The third-order valence-electron chi connectivity index (χ3n) is 4.98. The smallest absolute Gasteiger partial charge is 0.410 e. The fourth-order valence-corrected chi connectivity index (χ4v) is 3.72. The topological polar surface area (TPSA) is 61.8 Å². The molecule has 158 valence electrons. The van der Waals surface area contributed by atoms with Gasteiger partial charge in [0.05, 0.1) is 6.10 Å². The van der Waals surface area contributed by atoms with Crippen molar-refractivity contribution in [3.63, 3.8) is 0 Å². The van der Waals surface area contributed by atoms with Crippen molar-refractivity contribution in [3.8, 4) is 0 Å². The lowest BCUT2D eigenvalue weighted by atomic mass is 9.85. The van der Waals surface area contributed by atoms with Crippen LogP contribution >= 0.6 is 0 Å². The summed E-state index contributed by atoms with van der Waals surface area (Å²) in [6.07, 6.45) is 1.90. The van der Waals surface area contributed by atoms with Gasteiger partial charge in [0.1, 0.15) is 11.4 Å². The highest BCUT2D eigenvalue weighted by molar-refractivity contribution is 5.68. The average Bonchev–Trinajstić information content (AvgIpc) is 2.58. The number of likely N-dealkylation sites (tertiary alicyclic amines) is 1. The van der Waals surface area contributed by atoms with E-state index < -0.39 is 11.7 Å². The van der Waals surface area contributed by atoms with Crippen LogP contribution < -0.4 is 5.32 Å². The van der Waals surface area contributed by atoms with Crippen LogP contribution in [0.5, 0.6) is 0 Å². The number of ether oxygens (including phenoxy) is 1. The summed E-state index contributed by atoms with van der Waals surface area (Å²) in [6.45, 7) is 11.6. The van der Waals surface area contributed by atoms with Gasteiger partial charge in [0, 0.05) is 25.2 Å². The maximum absolute atomic E-state index is 13.3. The third-order valence-corrected chi connectivity index (χ3v) is 4.98. The SMILES string of the molecule is CC(C)(C[C@H]1CCCN(C(=O)OC(C)(C)C)C1)NC[C@H](O)c1cccc(F)c1. The number of halogens is 1. The Morgan fingerprint density at radius 3 is 2.71 bits per heavy atom. The van der Waals surface area contributed by atoms with E-state index in [1.165, 1.54) is 12.1 Å². The minimum Gasteiger partial charge on any atom is -0.444 e. The van der Waals surface area contributed by atoms with Crippen molar-refractivity contribution in [3.05, 3.63) is 35.6 Å². The molecule has 0 unspecified atom stereocenters. The minimum atomic E-state index is -0.764. The van der Waals surface area contributed by atoms with E-state index in [0.29, 0.717) is 24.6 Å². The van der Waals surface area contributed by atoms with Crippen LogP contribution in [0, 0.1) is 11.7 Å². The molecule has 1 fully saturated rings. The number of benzene rings is 1. The predicted molar refractivity (Wildman–Crippen MR) is 109 cm³/mol. The molecule has 0 bridgehead atoms. The lowest BCUT2D eigenvalue weighted by molar-refractivity contribution is 0.0146. The molecule has 2 atom stereocenters. The van der Waals surface area contributed by atoms with Crippen LogP contribution in [0.25, 0.3) is 0 Å². The summed E-state index contributed by atoms with van der Waals surface area (Å²) in [5.41, 5.74) is -0.134. The number of carbonyl (C=O) groups excluding carboxylic acids is 1. The summed E-state index contributed by atoms with van der Waals surface area (Å²) < 4.78 is 18.8. The molecular weight excluding hydrogens is 359 g/mol. The summed E-state index contributed by atoms with van der Waals surface area (Å²) in [4.78, 5) is 14.2. The summed E-state index contributed by atoms with van der Waals surface area (Å²) >= 11 is 0. The normalized spacial score (nSPS) is 19.4. The Labute approximate surface area is 168 Å². The molecule has 1 aliphatic heterocycles. The quantitative estimate of drug-likeness (QED) is 0.757. The molecule has 1 heterocycles. The number of rotatable bonds is 6. The van der Waals surface area contributed by atoms with Crippen LogP contribution in [0.4, 0.5) is 9.18 Å². The van der Waals surface area contributed by atoms with Crippen molar-refractivity contribution >= 4 is 6.09 Å². The molecule has 0 saturated carbocycles. The Balaban J connectivity index is 1.86. The first kappa shape index (κ1) is 22.6. The van der Waals surface area contributed by atoms with Crippen molar-refractivity contribution in [1.82, 2.24) is 10.2 Å². The number of amides is 1. The summed E-state index contributed by atoms with van der Waals surface area (Å²) in [6, 6.07) is 6.06. The van der Waals surface area contributed by atoms with Gasteiger partial charge in [-0.25, -0.2) is 9.18 Å². The van der Waals surface area contributed by atoms with Crippen molar-refractivity contribution < 1.29 is 19.0 Å². The summed E-state index contributed by atoms with van der Waals surface area (Å²) in [7, 11) is 0. The van der Waals surface area contributed by atoms with Gasteiger partial charge < -0.3 is 20.1 Å². The molecule has 2 rings (SSSR count). The number of nitrogens with zero attached hydrogens (tertiary/aromatic N) is 1.